The van der Waals surface area contributed by atoms with Gasteiger partial charge in [0.05, 0.1) is 6.04 Å². The molecule has 0 aromatic heterocycles. The van der Waals surface area contributed by atoms with Crippen LogP contribution in [-0.2, 0) is 9.53 Å². The summed E-state index contributed by atoms with van der Waals surface area (Å²) in [5, 5.41) is 3.50. The van der Waals surface area contributed by atoms with Crippen LogP contribution in [0.1, 0.15) is 25.7 Å². The molecule has 0 aromatic rings. The Bertz CT molecular complexity index is 208. The maximum Gasteiger partial charge on any atom is 0.237 e. The Balaban J connectivity index is 2.12. The number of nitrogens with two attached hydrogens (primary N) is 1. The van der Waals surface area contributed by atoms with Gasteiger partial charge in [0.1, 0.15) is 0 Å². The van der Waals surface area contributed by atoms with E-state index in [0.29, 0.717) is 18.3 Å². The molecule has 94 valence electrons. The summed E-state index contributed by atoms with van der Waals surface area (Å²) in [5.41, 5.74) is 5.72. The third-order valence-corrected chi connectivity index (χ3v) is 4.15. The van der Waals surface area contributed by atoms with Gasteiger partial charge >= 0.3 is 0 Å². The van der Waals surface area contributed by atoms with Crippen molar-refractivity contribution in [1.29, 1.82) is 0 Å². The van der Waals surface area contributed by atoms with Crippen molar-refractivity contribution in [2.45, 2.75) is 37.0 Å². The molecule has 0 aliphatic carbocycles. The zero-order chi connectivity index (χ0) is 11.8. The number of rotatable bonds is 6. The molecule has 1 rings (SSSR count). The van der Waals surface area contributed by atoms with E-state index in [2.05, 4.69) is 5.32 Å². The topological polar surface area (TPSA) is 64.3 Å². The van der Waals surface area contributed by atoms with Crippen LogP contribution in [-0.4, -0.2) is 43.2 Å². The normalized spacial score (nSPS) is 22.8. The largest absolute Gasteiger partial charge is 0.385 e. The van der Waals surface area contributed by atoms with Crippen molar-refractivity contribution in [3.05, 3.63) is 0 Å². The maximum absolute atomic E-state index is 11.6. The molecule has 16 heavy (non-hydrogen) atoms. The molecule has 0 spiro atoms. The number of carbonyl (C=O) groups excluding carboxylic acids is 1. The van der Waals surface area contributed by atoms with Crippen molar-refractivity contribution < 1.29 is 9.53 Å². The maximum atomic E-state index is 11.6. The number of thioether (sulfide) groups is 1. The lowest BCUT2D eigenvalue weighted by atomic mass is 10.1. The fraction of sp³-hybridized carbons (Fsp3) is 0.909. The van der Waals surface area contributed by atoms with Gasteiger partial charge in [-0.05, 0) is 25.0 Å². The van der Waals surface area contributed by atoms with Gasteiger partial charge in [-0.25, -0.2) is 0 Å². The van der Waals surface area contributed by atoms with Gasteiger partial charge in [0, 0.05) is 25.5 Å². The zero-order valence-electron chi connectivity index (χ0n) is 9.91. The van der Waals surface area contributed by atoms with Gasteiger partial charge in [-0.15, -0.1) is 0 Å². The van der Waals surface area contributed by atoms with E-state index in [0.717, 1.165) is 6.54 Å². The molecule has 0 aromatic carbocycles. The van der Waals surface area contributed by atoms with E-state index in [1.807, 2.05) is 11.8 Å². The third-order valence-electron chi connectivity index (χ3n) is 2.75. The average Bonchev–Trinajstić information content (AvgIpc) is 2.34. The van der Waals surface area contributed by atoms with Gasteiger partial charge in [0.15, 0.2) is 0 Å². The lowest BCUT2D eigenvalue weighted by molar-refractivity contribution is -0.122. The van der Waals surface area contributed by atoms with Gasteiger partial charge < -0.3 is 15.8 Å². The van der Waals surface area contributed by atoms with E-state index in [9.17, 15) is 4.79 Å². The predicted octanol–water partition coefficient (Wildman–Crippen LogP) is 0.752. The summed E-state index contributed by atoms with van der Waals surface area (Å²) >= 11 is 1.95. The van der Waals surface area contributed by atoms with Crippen molar-refractivity contribution in [2.24, 2.45) is 5.73 Å². The summed E-state index contributed by atoms with van der Waals surface area (Å²) in [6.45, 7) is 1.29. The second kappa shape index (κ2) is 7.92. The molecular formula is C11H22N2O2S. The second-order valence-electron chi connectivity index (χ2n) is 4.12. The molecule has 2 unspecified atom stereocenters. The molecular weight excluding hydrogens is 224 g/mol. The first-order valence-electron chi connectivity index (χ1n) is 5.88. The highest BCUT2D eigenvalue weighted by Crippen LogP contribution is 2.24. The highest BCUT2D eigenvalue weighted by atomic mass is 32.2. The molecule has 0 radical (unpaired) electrons. The van der Waals surface area contributed by atoms with Crippen LogP contribution in [0.15, 0.2) is 0 Å². The van der Waals surface area contributed by atoms with Crippen molar-refractivity contribution in [2.75, 3.05) is 26.0 Å². The van der Waals surface area contributed by atoms with E-state index in [1.54, 1.807) is 7.11 Å². The molecule has 0 bridgehead atoms. The summed E-state index contributed by atoms with van der Waals surface area (Å²) in [6, 6.07) is -0.437. The summed E-state index contributed by atoms with van der Waals surface area (Å²) in [4.78, 5) is 11.6. The van der Waals surface area contributed by atoms with Gasteiger partial charge in [0.25, 0.3) is 0 Å². The highest BCUT2D eigenvalue weighted by molar-refractivity contribution is 7.99. The van der Waals surface area contributed by atoms with Crippen molar-refractivity contribution >= 4 is 17.7 Å². The molecule has 1 heterocycles. The summed E-state index contributed by atoms with van der Waals surface area (Å²) in [7, 11) is 1.61. The molecule has 1 aliphatic rings. The summed E-state index contributed by atoms with van der Waals surface area (Å²) < 4.78 is 4.89. The molecule has 5 heteroatoms. The smallest absolute Gasteiger partial charge is 0.237 e. The SMILES string of the molecule is COCCC(N)C(=O)NCC1CCCCS1. The monoisotopic (exact) mass is 246 g/mol. The standard InChI is InChI=1S/C11H22N2O2S/c1-15-6-5-10(12)11(14)13-8-9-4-2-3-7-16-9/h9-10H,2-8,12H2,1H3,(H,13,14). The van der Waals surface area contributed by atoms with Crippen LogP contribution in [0.25, 0.3) is 0 Å². The van der Waals surface area contributed by atoms with Gasteiger partial charge in [-0.2, -0.15) is 11.8 Å². The Hall–Kier alpha value is -0.260. The number of amides is 1. The Morgan fingerprint density at radius 3 is 3.06 bits per heavy atom. The molecule has 1 fully saturated rings. The number of nitrogens with one attached hydrogen (secondary N) is 1. The number of ether oxygens (including phenoxy) is 1. The van der Waals surface area contributed by atoms with E-state index < -0.39 is 6.04 Å². The number of hydrogen-bond donors (Lipinski definition) is 2. The summed E-state index contributed by atoms with van der Waals surface area (Å²) in [5.74, 6) is 1.17. The predicted molar refractivity (Wildman–Crippen MR) is 67.6 cm³/mol. The van der Waals surface area contributed by atoms with Gasteiger partial charge in [-0.3, -0.25) is 4.79 Å². The first-order valence-corrected chi connectivity index (χ1v) is 6.92. The van der Waals surface area contributed by atoms with Crippen molar-refractivity contribution in [1.82, 2.24) is 5.32 Å². The molecule has 1 amide bonds. The fourth-order valence-corrected chi connectivity index (χ4v) is 2.93. The molecule has 4 nitrogen and oxygen atoms in total. The van der Waals surface area contributed by atoms with Gasteiger partial charge in [0.2, 0.25) is 5.91 Å². The number of hydrogen-bond acceptors (Lipinski definition) is 4. The third kappa shape index (κ3) is 5.18. The van der Waals surface area contributed by atoms with Crippen LogP contribution < -0.4 is 11.1 Å². The van der Waals surface area contributed by atoms with Crippen LogP contribution in [0.5, 0.6) is 0 Å². The van der Waals surface area contributed by atoms with Crippen LogP contribution in [0.4, 0.5) is 0 Å². The Morgan fingerprint density at radius 1 is 1.62 bits per heavy atom. The molecule has 1 saturated heterocycles. The van der Waals surface area contributed by atoms with Gasteiger partial charge in [-0.1, -0.05) is 6.42 Å². The average molecular weight is 246 g/mol. The minimum absolute atomic E-state index is 0.0526. The van der Waals surface area contributed by atoms with Crippen LogP contribution >= 0.6 is 11.8 Å². The number of carbonyl (C=O) groups is 1. The first kappa shape index (κ1) is 13.8. The van der Waals surface area contributed by atoms with E-state index in [4.69, 9.17) is 10.5 Å². The van der Waals surface area contributed by atoms with E-state index in [-0.39, 0.29) is 5.91 Å². The molecule has 0 saturated carbocycles. The first-order chi connectivity index (χ1) is 7.74. The van der Waals surface area contributed by atoms with Crippen molar-refractivity contribution in [3.63, 3.8) is 0 Å². The Labute approximate surface area is 102 Å². The van der Waals surface area contributed by atoms with E-state index >= 15 is 0 Å². The molecule has 3 N–H and O–H groups in total. The van der Waals surface area contributed by atoms with Crippen molar-refractivity contribution in [3.8, 4) is 0 Å². The minimum Gasteiger partial charge on any atom is -0.385 e. The fourth-order valence-electron chi connectivity index (χ4n) is 1.69. The number of methoxy groups -OCH3 is 1. The zero-order valence-corrected chi connectivity index (χ0v) is 10.7. The highest BCUT2D eigenvalue weighted by Gasteiger charge is 2.17. The molecule has 2 atom stereocenters. The Kier molecular flexibility index (Phi) is 6.84. The molecule has 1 aliphatic heterocycles. The quantitative estimate of drug-likeness (QED) is 0.726. The summed E-state index contributed by atoms with van der Waals surface area (Å²) in [6.07, 6.45) is 4.38. The Morgan fingerprint density at radius 2 is 2.44 bits per heavy atom. The van der Waals surface area contributed by atoms with E-state index in [1.165, 1.54) is 25.0 Å². The van der Waals surface area contributed by atoms with Crippen LogP contribution in [0.2, 0.25) is 0 Å². The lowest BCUT2D eigenvalue weighted by Crippen LogP contribution is -2.43. The minimum atomic E-state index is -0.437. The van der Waals surface area contributed by atoms with Crippen LogP contribution in [0.3, 0.4) is 0 Å². The van der Waals surface area contributed by atoms with Crippen LogP contribution in [0, 0.1) is 0 Å². The lowest BCUT2D eigenvalue weighted by Gasteiger charge is -2.22. The second-order valence-corrected chi connectivity index (χ2v) is 5.53.